The van der Waals surface area contributed by atoms with Crippen LogP contribution in [0.15, 0.2) is 28.8 Å². The first kappa shape index (κ1) is 18.3. The number of thioether (sulfide) groups is 1. The van der Waals surface area contributed by atoms with Crippen LogP contribution in [0.5, 0.6) is 0 Å². The number of halogens is 2. The average Bonchev–Trinajstić information content (AvgIpc) is 2.83. The fourth-order valence-electron chi connectivity index (χ4n) is 2.77. The molecule has 1 aliphatic heterocycles. The monoisotopic (exact) mass is 382 g/mol. The summed E-state index contributed by atoms with van der Waals surface area (Å²) in [7, 11) is 0. The van der Waals surface area contributed by atoms with Crippen molar-refractivity contribution in [2.45, 2.75) is 31.6 Å². The number of aromatic nitrogens is 1. The highest BCUT2D eigenvalue weighted by molar-refractivity contribution is 8.18. The lowest BCUT2D eigenvalue weighted by molar-refractivity contribution is -0.127. The van der Waals surface area contributed by atoms with Crippen molar-refractivity contribution in [1.29, 1.82) is 0 Å². The van der Waals surface area contributed by atoms with E-state index in [1.54, 1.807) is 0 Å². The highest BCUT2D eigenvalue weighted by Crippen LogP contribution is 2.42. The number of hydrogen-bond donors (Lipinski definition) is 2. The number of pyridine rings is 1. The molecule has 3 amide bonds. The van der Waals surface area contributed by atoms with Gasteiger partial charge in [0, 0.05) is 30.8 Å². The third kappa shape index (κ3) is 4.01. The number of amides is 3. The maximum Gasteiger partial charge on any atom is 0.294 e. The Morgan fingerprint density at radius 3 is 2.69 bits per heavy atom. The highest BCUT2D eigenvalue weighted by Gasteiger charge is 2.41. The lowest BCUT2D eigenvalue weighted by Crippen LogP contribution is -2.36. The van der Waals surface area contributed by atoms with Crippen LogP contribution in [0.3, 0.4) is 0 Å². The lowest BCUT2D eigenvalue weighted by Gasteiger charge is -2.24. The number of rotatable bonds is 3. The zero-order valence-electron chi connectivity index (χ0n) is 13.6. The van der Waals surface area contributed by atoms with Gasteiger partial charge in [0.05, 0.1) is 4.91 Å². The summed E-state index contributed by atoms with van der Waals surface area (Å²) in [5.41, 5.74) is 6.47. The molecule has 2 aliphatic rings. The first-order valence-electron chi connectivity index (χ1n) is 7.90. The SMILES string of the molecule is Nc1cc(NC(=O)CN2C(=O)SC(=C3CCC(F)(F)CC3)C2=O)ccn1. The molecule has 2 heterocycles. The summed E-state index contributed by atoms with van der Waals surface area (Å²) in [6.45, 7) is -0.458. The Bertz CT molecular complexity index is 800. The van der Waals surface area contributed by atoms with Gasteiger partial charge in [-0.2, -0.15) is 0 Å². The molecular formula is C16H16F2N4O3S. The van der Waals surface area contributed by atoms with Crippen molar-refractivity contribution in [3.8, 4) is 0 Å². The number of nitrogens with zero attached hydrogens (tertiary/aromatic N) is 2. The predicted molar refractivity (Wildman–Crippen MR) is 92.4 cm³/mol. The van der Waals surface area contributed by atoms with Crippen molar-refractivity contribution in [1.82, 2.24) is 9.88 Å². The first-order chi connectivity index (χ1) is 12.2. The topological polar surface area (TPSA) is 105 Å². The molecule has 0 spiro atoms. The molecule has 1 aromatic heterocycles. The molecule has 3 N–H and O–H groups in total. The van der Waals surface area contributed by atoms with E-state index in [4.69, 9.17) is 5.73 Å². The van der Waals surface area contributed by atoms with Crippen LogP contribution in [0.1, 0.15) is 25.7 Å². The quantitative estimate of drug-likeness (QED) is 0.779. The molecule has 10 heteroatoms. The summed E-state index contributed by atoms with van der Waals surface area (Å²) in [5, 5.41) is 1.94. The number of alkyl halides is 2. The normalized spacial score (nSPS) is 19.8. The molecule has 1 saturated carbocycles. The molecule has 0 radical (unpaired) electrons. The Kier molecular flexibility index (Phi) is 4.94. The van der Waals surface area contributed by atoms with E-state index in [-0.39, 0.29) is 36.4 Å². The Morgan fingerprint density at radius 2 is 2.04 bits per heavy atom. The lowest BCUT2D eigenvalue weighted by atomic mass is 9.91. The minimum Gasteiger partial charge on any atom is -0.384 e. The molecule has 26 heavy (non-hydrogen) atoms. The number of nitrogen functional groups attached to an aromatic ring is 1. The molecule has 0 bridgehead atoms. The fraction of sp³-hybridized carbons (Fsp3) is 0.375. The molecule has 7 nitrogen and oxygen atoms in total. The molecule has 1 aromatic rings. The van der Waals surface area contributed by atoms with Crippen LogP contribution in [0.2, 0.25) is 0 Å². The third-order valence-corrected chi connectivity index (χ3v) is 5.18. The molecule has 0 atom stereocenters. The number of imide groups is 1. The van der Waals surface area contributed by atoms with Gasteiger partial charge < -0.3 is 11.1 Å². The van der Waals surface area contributed by atoms with Gasteiger partial charge in [-0.25, -0.2) is 13.8 Å². The molecule has 2 fully saturated rings. The van der Waals surface area contributed by atoms with Gasteiger partial charge in [-0.05, 0) is 30.7 Å². The second kappa shape index (κ2) is 7.02. The molecular weight excluding hydrogens is 366 g/mol. The number of carbonyl (C=O) groups excluding carboxylic acids is 3. The summed E-state index contributed by atoms with van der Waals surface area (Å²) in [4.78, 5) is 41.4. The molecule has 138 valence electrons. The summed E-state index contributed by atoms with van der Waals surface area (Å²) in [6.07, 6.45) is 0.888. The molecule has 1 aliphatic carbocycles. The Hall–Kier alpha value is -2.49. The molecule has 1 saturated heterocycles. The number of carbonyl (C=O) groups is 3. The van der Waals surface area contributed by atoms with Crippen molar-refractivity contribution in [3.63, 3.8) is 0 Å². The van der Waals surface area contributed by atoms with Gasteiger partial charge in [0.15, 0.2) is 0 Å². The van der Waals surface area contributed by atoms with Crippen LogP contribution in [-0.2, 0) is 9.59 Å². The summed E-state index contributed by atoms with van der Waals surface area (Å²) >= 11 is 0.701. The number of allylic oxidation sites excluding steroid dienone is 1. The second-order valence-corrected chi connectivity index (χ2v) is 7.03. The second-order valence-electron chi connectivity index (χ2n) is 6.07. The van der Waals surface area contributed by atoms with Gasteiger partial charge >= 0.3 is 0 Å². The molecule has 0 unspecified atom stereocenters. The van der Waals surface area contributed by atoms with E-state index in [0.29, 0.717) is 23.0 Å². The van der Waals surface area contributed by atoms with Gasteiger partial charge in [0.2, 0.25) is 11.8 Å². The Morgan fingerprint density at radius 1 is 1.35 bits per heavy atom. The van der Waals surface area contributed by atoms with Crippen LogP contribution in [0, 0.1) is 0 Å². The van der Waals surface area contributed by atoms with Crippen LogP contribution in [0.4, 0.5) is 25.1 Å². The minimum absolute atomic E-state index is 0.0741. The van der Waals surface area contributed by atoms with E-state index in [2.05, 4.69) is 10.3 Å². The van der Waals surface area contributed by atoms with E-state index < -0.39 is 29.5 Å². The first-order valence-corrected chi connectivity index (χ1v) is 8.72. The fourth-order valence-corrected chi connectivity index (χ4v) is 3.74. The zero-order valence-corrected chi connectivity index (χ0v) is 14.4. The van der Waals surface area contributed by atoms with E-state index in [1.165, 1.54) is 18.3 Å². The smallest absolute Gasteiger partial charge is 0.294 e. The van der Waals surface area contributed by atoms with Crippen molar-refractivity contribution < 1.29 is 23.2 Å². The summed E-state index contributed by atoms with van der Waals surface area (Å²) < 4.78 is 26.5. The van der Waals surface area contributed by atoms with Gasteiger partial charge in [0.1, 0.15) is 12.4 Å². The van der Waals surface area contributed by atoms with Crippen LogP contribution in [-0.4, -0.2) is 39.4 Å². The maximum atomic E-state index is 13.3. The molecule has 0 aromatic carbocycles. The van der Waals surface area contributed by atoms with E-state index in [9.17, 15) is 23.2 Å². The third-order valence-electron chi connectivity index (χ3n) is 4.12. The van der Waals surface area contributed by atoms with E-state index in [0.717, 1.165) is 4.90 Å². The van der Waals surface area contributed by atoms with Crippen LogP contribution in [0.25, 0.3) is 0 Å². The van der Waals surface area contributed by atoms with E-state index in [1.807, 2.05) is 0 Å². The van der Waals surface area contributed by atoms with Crippen molar-refractivity contribution in [2.24, 2.45) is 0 Å². The number of nitrogens with two attached hydrogens (primary N) is 1. The Labute approximate surface area is 152 Å². The highest BCUT2D eigenvalue weighted by atomic mass is 32.2. The summed E-state index contributed by atoms with van der Waals surface area (Å²) in [6, 6.07) is 2.96. The predicted octanol–water partition coefficient (Wildman–Crippen LogP) is 2.76. The number of anilines is 2. The van der Waals surface area contributed by atoms with Crippen LogP contribution < -0.4 is 11.1 Å². The number of nitrogens with one attached hydrogen (secondary N) is 1. The standard InChI is InChI=1S/C16H16F2N4O3S/c17-16(18)4-1-9(2-5-16)13-14(24)22(15(25)26-13)8-12(23)21-10-3-6-20-11(19)7-10/h3,6-7H,1-2,4-5,8H2,(H3,19,20,21,23). The molecule has 3 rings (SSSR count). The van der Waals surface area contributed by atoms with Crippen molar-refractivity contribution in [3.05, 3.63) is 28.8 Å². The van der Waals surface area contributed by atoms with Gasteiger partial charge in [0.25, 0.3) is 11.1 Å². The summed E-state index contributed by atoms with van der Waals surface area (Å²) in [5.74, 6) is -3.69. The maximum absolute atomic E-state index is 13.3. The van der Waals surface area contributed by atoms with Crippen molar-refractivity contribution >= 4 is 40.3 Å². The largest absolute Gasteiger partial charge is 0.384 e. The Balaban J connectivity index is 1.67. The van der Waals surface area contributed by atoms with Gasteiger partial charge in [-0.3, -0.25) is 19.3 Å². The average molecular weight is 382 g/mol. The van der Waals surface area contributed by atoms with Gasteiger partial charge in [-0.15, -0.1) is 0 Å². The minimum atomic E-state index is -2.73. The van der Waals surface area contributed by atoms with Crippen molar-refractivity contribution in [2.75, 3.05) is 17.6 Å². The van der Waals surface area contributed by atoms with Crippen LogP contribution >= 0.6 is 11.8 Å². The van der Waals surface area contributed by atoms with Gasteiger partial charge in [-0.1, -0.05) is 5.57 Å². The van der Waals surface area contributed by atoms with E-state index >= 15 is 0 Å². The number of hydrogen-bond acceptors (Lipinski definition) is 6. The zero-order chi connectivity index (χ0) is 18.9.